The molecule has 2 aromatic heterocycles. The molecule has 1 aromatic carbocycles. The first-order chi connectivity index (χ1) is 13.8. The summed E-state index contributed by atoms with van der Waals surface area (Å²) in [6.07, 6.45) is 2.32. The minimum absolute atomic E-state index is 0.0708. The number of aromatic amines is 1. The van der Waals surface area contributed by atoms with Gasteiger partial charge in [0, 0.05) is 12.1 Å². The molecule has 154 valence electrons. The average Bonchev–Trinajstić information content (AvgIpc) is 3.13. The van der Waals surface area contributed by atoms with E-state index in [9.17, 15) is 4.79 Å². The fourth-order valence-corrected chi connectivity index (χ4v) is 4.41. The standard InChI is InChI=1S/C22H30N6O/c1-14-8-7-11-27(13-14)19(20-24-25-26-28(20)22(3,4)5)17-12-16-10-6-9-15(2)18(16)23-21(17)29/h6,9-10,12,14,19H,7-8,11,13H2,1-5H3,(H,23,29)/t14-,19+/m1/s1. The maximum Gasteiger partial charge on any atom is 0.253 e. The van der Waals surface area contributed by atoms with Crippen molar-refractivity contribution in [2.45, 2.75) is 59.0 Å². The zero-order chi connectivity index (χ0) is 20.8. The van der Waals surface area contributed by atoms with Gasteiger partial charge < -0.3 is 4.98 Å². The topological polar surface area (TPSA) is 79.7 Å². The Hall–Kier alpha value is -2.54. The van der Waals surface area contributed by atoms with Crippen LogP contribution in [0.2, 0.25) is 0 Å². The number of nitrogens with one attached hydrogen (secondary N) is 1. The molecule has 1 N–H and O–H groups in total. The van der Waals surface area contributed by atoms with Crippen LogP contribution in [0.4, 0.5) is 0 Å². The molecule has 0 aliphatic carbocycles. The van der Waals surface area contributed by atoms with Gasteiger partial charge >= 0.3 is 0 Å². The first-order valence-corrected chi connectivity index (χ1v) is 10.4. The molecule has 29 heavy (non-hydrogen) atoms. The van der Waals surface area contributed by atoms with Crippen molar-refractivity contribution in [2.75, 3.05) is 13.1 Å². The number of fused-ring (bicyclic) bond motifs is 1. The van der Waals surface area contributed by atoms with Gasteiger partial charge in [0.1, 0.15) is 6.04 Å². The van der Waals surface area contributed by atoms with Gasteiger partial charge in [-0.15, -0.1) is 5.10 Å². The first kappa shape index (κ1) is 19.8. The third kappa shape index (κ3) is 3.71. The molecule has 0 spiro atoms. The number of nitrogens with zero attached hydrogens (tertiary/aromatic N) is 5. The van der Waals surface area contributed by atoms with E-state index >= 15 is 0 Å². The van der Waals surface area contributed by atoms with Gasteiger partial charge in [0.2, 0.25) is 0 Å². The number of hydrogen-bond donors (Lipinski definition) is 1. The molecule has 7 heteroatoms. The minimum atomic E-state index is -0.279. The van der Waals surface area contributed by atoms with Crippen LogP contribution >= 0.6 is 0 Å². The Balaban J connectivity index is 1.92. The average molecular weight is 395 g/mol. The van der Waals surface area contributed by atoms with Crippen molar-refractivity contribution in [3.05, 3.63) is 51.6 Å². The lowest BCUT2D eigenvalue weighted by Crippen LogP contribution is -2.42. The number of aromatic nitrogens is 5. The molecule has 1 fully saturated rings. The molecule has 0 saturated carbocycles. The zero-order valence-corrected chi connectivity index (χ0v) is 17.9. The van der Waals surface area contributed by atoms with E-state index in [1.165, 1.54) is 6.42 Å². The minimum Gasteiger partial charge on any atom is -0.321 e. The summed E-state index contributed by atoms with van der Waals surface area (Å²) < 4.78 is 1.86. The van der Waals surface area contributed by atoms with E-state index in [-0.39, 0.29) is 17.1 Å². The second-order valence-electron chi connectivity index (χ2n) is 9.36. The summed E-state index contributed by atoms with van der Waals surface area (Å²) in [5.41, 5.74) is 2.31. The predicted molar refractivity (Wildman–Crippen MR) is 114 cm³/mol. The maximum absolute atomic E-state index is 13.2. The number of rotatable bonds is 3. The number of benzene rings is 1. The second-order valence-corrected chi connectivity index (χ2v) is 9.36. The zero-order valence-electron chi connectivity index (χ0n) is 17.9. The van der Waals surface area contributed by atoms with Crippen molar-refractivity contribution >= 4 is 10.9 Å². The fourth-order valence-electron chi connectivity index (χ4n) is 4.41. The quantitative estimate of drug-likeness (QED) is 0.736. The number of H-pyrrole nitrogens is 1. The van der Waals surface area contributed by atoms with Crippen LogP contribution in [0.3, 0.4) is 0 Å². The van der Waals surface area contributed by atoms with Gasteiger partial charge in [0.25, 0.3) is 5.56 Å². The third-order valence-corrected chi connectivity index (χ3v) is 5.84. The Bertz CT molecular complexity index is 1080. The van der Waals surface area contributed by atoms with E-state index in [1.807, 2.05) is 35.9 Å². The summed E-state index contributed by atoms with van der Waals surface area (Å²) in [6, 6.07) is 7.83. The molecule has 1 saturated heterocycles. The molecule has 0 radical (unpaired) electrons. The fraction of sp³-hybridized carbons (Fsp3) is 0.545. The highest BCUT2D eigenvalue weighted by Gasteiger charge is 2.35. The summed E-state index contributed by atoms with van der Waals surface area (Å²) in [7, 11) is 0. The Morgan fingerprint density at radius 2 is 2.07 bits per heavy atom. The van der Waals surface area contributed by atoms with Crippen LogP contribution in [-0.4, -0.2) is 43.2 Å². The molecule has 2 atom stereocenters. The number of piperidine rings is 1. The van der Waals surface area contributed by atoms with E-state index in [1.54, 1.807) is 0 Å². The smallest absolute Gasteiger partial charge is 0.253 e. The summed E-state index contributed by atoms with van der Waals surface area (Å²) in [5, 5.41) is 13.7. The number of tetrazole rings is 1. The Labute approximate surface area is 171 Å². The van der Waals surface area contributed by atoms with Gasteiger partial charge in [-0.25, -0.2) is 4.68 Å². The van der Waals surface area contributed by atoms with Crippen LogP contribution in [0.25, 0.3) is 10.9 Å². The first-order valence-electron chi connectivity index (χ1n) is 10.4. The van der Waals surface area contributed by atoms with Gasteiger partial charge in [0.15, 0.2) is 5.82 Å². The molecule has 3 heterocycles. The molecule has 0 unspecified atom stereocenters. The monoisotopic (exact) mass is 394 g/mol. The normalized spacial score (nSPS) is 19.6. The highest BCUT2D eigenvalue weighted by Crippen LogP contribution is 2.32. The molecule has 7 nitrogen and oxygen atoms in total. The molecule has 4 rings (SSSR count). The van der Waals surface area contributed by atoms with Crippen molar-refractivity contribution in [3.8, 4) is 0 Å². The second kappa shape index (κ2) is 7.37. The lowest BCUT2D eigenvalue weighted by Gasteiger charge is -2.37. The SMILES string of the molecule is Cc1cccc2cc([C@@H](c3nnnn3C(C)(C)C)N3CCC[C@@H](C)C3)c(=O)[nH]c12. The Morgan fingerprint density at radius 1 is 1.28 bits per heavy atom. The molecular weight excluding hydrogens is 364 g/mol. The summed E-state index contributed by atoms with van der Waals surface area (Å²) in [6.45, 7) is 12.4. The molecule has 3 aromatic rings. The third-order valence-electron chi connectivity index (χ3n) is 5.84. The number of aryl methyl sites for hydroxylation is 1. The van der Waals surface area contributed by atoms with Crippen molar-refractivity contribution in [1.29, 1.82) is 0 Å². The summed E-state index contributed by atoms with van der Waals surface area (Å²) >= 11 is 0. The van der Waals surface area contributed by atoms with E-state index in [0.29, 0.717) is 11.5 Å². The van der Waals surface area contributed by atoms with E-state index in [0.717, 1.165) is 41.8 Å². The van der Waals surface area contributed by atoms with Gasteiger partial charge in [-0.3, -0.25) is 9.69 Å². The van der Waals surface area contributed by atoms with E-state index < -0.39 is 0 Å². The Kier molecular flexibility index (Phi) is 5.02. The predicted octanol–water partition coefficient (Wildman–Crippen LogP) is 3.40. The molecule has 1 aliphatic rings. The van der Waals surface area contributed by atoms with Crippen LogP contribution in [0.15, 0.2) is 29.1 Å². The molecular formula is C22H30N6O. The van der Waals surface area contributed by atoms with Gasteiger partial charge in [0.05, 0.1) is 11.1 Å². The van der Waals surface area contributed by atoms with Crippen LogP contribution in [0, 0.1) is 12.8 Å². The lowest BCUT2D eigenvalue weighted by molar-refractivity contribution is 0.137. The lowest BCUT2D eigenvalue weighted by atomic mass is 9.95. The van der Waals surface area contributed by atoms with Crippen LogP contribution in [0.5, 0.6) is 0 Å². The van der Waals surface area contributed by atoms with Crippen molar-refractivity contribution in [2.24, 2.45) is 5.92 Å². The van der Waals surface area contributed by atoms with Crippen molar-refractivity contribution in [3.63, 3.8) is 0 Å². The molecule has 0 amide bonds. The van der Waals surface area contributed by atoms with E-state index in [2.05, 4.69) is 53.1 Å². The molecule has 0 bridgehead atoms. The van der Waals surface area contributed by atoms with Gasteiger partial charge in [-0.05, 0) is 80.4 Å². The van der Waals surface area contributed by atoms with Crippen LogP contribution < -0.4 is 5.56 Å². The number of likely N-dealkylation sites (tertiary alicyclic amines) is 1. The van der Waals surface area contributed by atoms with Gasteiger partial charge in [-0.2, -0.15) is 0 Å². The van der Waals surface area contributed by atoms with Gasteiger partial charge in [-0.1, -0.05) is 25.1 Å². The highest BCUT2D eigenvalue weighted by atomic mass is 16.1. The molecule has 1 aliphatic heterocycles. The van der Waals surface area contributed by atoms with Crippen LogP contribution in [-0.2, 0) is 5.54 Å². The van der Waals surface area contributed by atoms with Crippen molar-refractivity contribution < 1.29 is 0 Å². The van der Waals surface area contributed by atoms with Crippen molar-refractivity contribution in [1.82, 2.24) is 30.1 Å². The Morgan fingerprint density at radius 3 is 2.79 bits per heavy atom. The van der Waals surface area contributed by atoms with Crippen LogP contribution in [0.1, 0.15) is 63.5 Å². The maximum atomic E-state index is 13.2. The highest BCUT2D eigenvalue weighted by molar-refractivity contribution is 5.82. The summed E-state index contributed by atoms with van der Waals surface area (Å²) in [4.78, 5) is 18.7. The largest absolute Gasteiger partial charge is 0.321 e. The number of pyridine rings is 1. The summed E-state index contributed by atoms with van der Waals surface area (Å²) in [5.74, 6) is 1.30. The number of para-hydroxylation sites is 1. The van der Waals surface area contributed by atoms with E-state index in [4.69, 9.17) is 0 Å². The number of hydrogen-bond acceptors (Lipinski definition) is 5.